The molecule has 0 heterocycles. The summed E-state index contributed by atoms with van der Waals surface area (Å²) in [6.07, 6.45) is 0.685. The minimum Gasteiger partial charge on any atom is -0.507 e. The van der Waals surface area contributed by atoms with Gasteiger partial charge in [0.05, 0.1) is 5.56 Å². The number of aromatic hydroxyl groups is 2. The Kier molecular flexibility index (Phi) is 2.78. The van der Waals surface area contributed by atoms with Crippen molar-refractivity contribution >= 4 is 0 Å². The van der Waals surface area contributed by atoms with E-state index in [4.69, 9.17) is 5.73 Å². The van der Waals surface area contributed by atoms with Crippen molar-refractivity contribution in [3.63, 3.8) is 0 Å². The maximum absolute atomic E-state index is 9.53. The third-order valence-electron chi connectivity index (χ3n) is 2.09. The molecule has 0 amide bonds. The quantitative estimate of drug-likeness (QED) is 0.652. The van der Waals surface area contributed by atoms with Gasteiger partial charge in [-0.1, -0.05) is 6.92 Å². The van der Waals surface area contributed by atoms with Gasteiger partial charge in [0.2, 0.25) is 0 Å². The van der Waals surface area contributed by atoms with Crippen LogP contribution in [0.3, 0.4) is 0 Å². The van der Waals surface area contributed by atoms with Crippen molar-refractivity contribution in [2.24, 2.45) is 5.73 Å². The Bertz CT molecular complexity index is 287. The molecule has 0 aromatic heterocycles. The van der Waals surface area contributed by atoms with E-state index in [9.17, 15) is 10.2 Å². The second-order valence-electron chi connectivity index (χ2n) is 3.23. The number of benzene rings is 1. The van der Waals surface area contributed by atoms with Crippen LogP contribution in [0.4, 0.5) is 0 Å². The smallest absolute Gasteiger partial charge is 0.124 e. The van der Waals surface area contributed by atoms with Crippen molar-refractivity contribution in [1.29, 1.82) is 0 Å². The largest absolute Gasteiger partial charge is 0.507 e. The molecule has 1 rings (SSSR count). The lowest BCUT2D eigenvalue weighted by atomic mass is 10.0. The second-order valence-corrected chi connectivity index (χ2v) is 3.23. The van der Waals surface area contributed by atoms with Gasteiger partial charge < -0.3 is 15.9 Å². The molecular formula is C10H15NO2. The molecule has 0 saturated carbocycles. The van der Waals surface area contributed by atoms with E-state index >= 15 is 0 Å². The molecule has 1 atom stereocenters. The summed E-state index contributed by atoms with van der Waals surface area (Å²) in [5.74, 6) is 0.152. The molecule has 0 spiro atoms. The van der Waals surface area contributed by atoms with Crippen LogP contribution in [0.1, 0.15) is 30.5 Å². The summed E-state index contributed by atoms with van der Waals surface area (Å²) >= 11 is 0. The van der Waals surface area contributed by atoms with E-state index in [1.165, 1.54) is 0 Å². The average molecular weight is 181 g/mol. The number of phenols is 2. The molecule has 4 N–H and O–H groups in total. The first-order valence-electron chi connectivity index (χ1n) is 4.34. The van der Waals surface area contributed by atoms with Crippen molar-refractivity contribution < 1.29 is 10.2 Å². The zero-order chi connectivity index (χ0) is 10.0. The van der Waals surface area contributed by atoms with Crippen LogP contribution in [0, 0.1) is 6.92 Å². The van der Waals surface area contributed by atoms with Gasteiger partial charge in [0, 0.05) is 6.04 Å². The molecule has 3 nitrogen and oxygen atoms in total. The van der Waals surface area contributed by atoms with Gasteiger partial charge in [-0.2, -0.15) is 0 Å². The van der Waals surface area contributed by atoms with Gasteiger partial charge in [-0.25, -0.2) is 0 Å². The van der Waals surface area contributed by atoms with Crippen LogP contribution in [0.25, 0.3) is 0 Å². The summed E-state index contributed by atoms with van der Waals surface area (Å²) in [7, 11) is 0. The molecule has 3 heteroatoms. The van der Waals surface area contributed by atoms with Crippen LogP contribution in [-0.2, 0) is 0 Å². The minimum absolute atomic E-state index is 0.0758. The zero-order valence-corrected chi connectivity index (χ0v) is 7.91. The van der Waals surface area contributed by atoms with Crippen LogP contribution in [-0.4, -0.2) is 10.2 Å². The summed E-state index contributed by atoms with van der Waals surface area (Å²) in [6.45, 7) is 3.71. The van der Waals surface area contributed by atoms with Crippen molar-refractivity contribution in [3.8, 4) is 11.5 Å². The third kappa shape index (κ3) is 1.92. The number of hydrogen-bond acceptors (Lipinski definition) is 3. The maximum atomic E-state index is 9.53. The van der Waals surface area contributed by atoms with Crippen molar-refractivity contribution in [2.45, 2.75) is 26.3 Å². The highest BCUT2D eigenvalue weighted by molar-refractivity contribution is 5.47. The predicted molar refractivity (Wildman–Crippen MR) is 51.7 cm³/mol. The number of rotatable bonds is 2. The Morgan fingerprint density at radius 2 is 1.77 bits per heavy atom. The van der Waals surface area contributed by atoms with Crippen LogP contribution in [0.5, 0.6) is 11.5 Å². The molecule has 1 aromatic rings. The summed E-state index contributed by atoms with van der Waals surface area (Å²) in [5.41, 5.74) is 6.99. The summed E-state index contributed by atoms with van der Waals surface area (Å²) in [6, 6.07) is 2.90. The summed E-state index contributed by atoms with van der Waals surface area (Å²) < 4.78 is 0. The van der Waals surface area contributed by atoms with E-state index in [1.807, 2.05) is 6.92 Å². The average Bonchev–Trinajstić information content (AvgIpc) is 2.02. The molecule has 0 aliphatic heterocycles. The first kappa shape index (κ1) is 9.86. The Labute approximate surface area is 77.8 Å². The SMILES string of the molecule is CC[C@H](N)c1c(O)cc(C)cc1O. The van der Waals surface area contributed by atoms with Gasteiger partial charge in [-0.05, 0) is 31.0 Å². The lowest BCUT2D eigenvalue weighted by molar-refractivity contribution is 0.426. The maximum Gasteiger partial charge on any atom is 0.124 e. The molecule has 0 aliphatic carbocycles. The Hall–Kier alpha value is -1.22. The molecule has 13 heavy (non-hydrogen) atoms. The zero-order valence-electron chi connectivity index (χ0n) is 7.91. The molecular weight excluding hydrogens is 166 g/mol. The minimum atomic E-state index is -0.305. The van der Waals surface area contributed by atoms with E-state index in [1.54, 1.807) is 19.1 Å². The molecule has 0 radical (unpaired) electrons. The van der Waals surface area contributed by atoms with E-state index in [0.29, 0.717) is 12.0 Å². The van der Waals surface area contributed by atoms with E-state index in [0.717, 1.165) is 5.56 Å². The highest BCUT2D eigenvalue weighted by atomic mass is 16.3. The number of nitrogens with two attached hydrogens (primary N) is 1. The molecule has 0 saturated heterocycles. The normalized spacial score (nSPS) is 12.8. The molecule has 72 valence electrons. The van der Waals surface area contributed by atoms with Crippen LogP contribution in [0.15, 0.2) is 12.1 Å². The molecule has 1 aromatic carbocycles. The molecule has 0 bridgehead atoms. The standard InChI is InChI=1S/C10H15NO2/c1-3-7(11)10-8(12)4-6(2)5-9(10)13/h4-5,7,12-13H,3,11H2,1-2H3/t7-/m0/s1. The molecule has 0 fully saturated rings. The van der Waals surface area contributed by atoms with Crippen molar-refractivity contribution in [3.05, 3.63) is 23.3 Å². The Morgan fingerprint density at radius 1 is 1.31 bits per heavy atom. The summed E-state index contributed by atoms with van der Waals surface area (Å²) in [5, 5.41) is 19.1. The van der Waals surface area contributed by atoms with E-state index < -0.39 is 0 Å². The van der Waals surface area contributed by atoms with Gasteiger partial charge in [-0.3, -0.25) is 0 Å². The van der Waals surface area contributed by atoms with Gasteiger partial charge in [0.15, 0.2) is 0 Å². The lowest BCUT2D eigenvalue weighted by Gasteiger charge is -2.13. The highest BCUT2D eigenvalue weighted by Crippen LogP contribution is 2.33. The van der Waals surface area contributed by atoms with Crippen molar-refractivity contribution in [1.82, 2.24) is 0 Å². The third-order valence-corrected chi connectivity index (χ3v) is 2.09. The van der Waals surface area contributed by atoms with Crippen LogP contribution >= 0.6 is 0 Å². The number of phenolic OH excluding ortho intramolecular Hbond substituents is 2. The second kappa shape index (κ2) is 3.66. The monoisotopic (exact) mass is 181 g/mol. The van der Waals surface area contributed by atoms with Crippen molar-refractivity contribution in [2.75, 3.05) is 0 Å². The lowest BCUT2D eigenvalue weighted by Crippen LogP contribution is -2.09. The van der Waals surface area contributed by atoms with Crippen LogP contribution < -0.4 is 5.73 Å². The van der Waals surface area contributed by atoms with Gasteiger partial charge in [-0.15, -0.1) is 0 Å². The first-order chi connectivity index (χ1) is 6.06. The predicted octanol–water partition coefficient (Wildman–Crippen LogP) is 1.82. The van der Waals surface area contributed by atoms with E-state index in [-0.39, 0.29) is 17.5 Å². The van der Waals surface area contributed by atoms with Gasteiger partial charge in [0.1, 0.15) is 11.5 Å². The van der Waals surface area contributed by atoms with Gasteiger partial charge >= 0.3 is 0 Å². The Balaban J connectivity index is 3.20. The fourth-order valence-electron chi connectivity index (χ4n) is 1.34. The number of aryl methyl sites for hydroxylation is 1. The van der Waals surface area contributed by atoms with Gasteiger partial charge in [0.25, 0.3) is 0 Å². The fraction of sp³-hybridized carbons (Fsp3) is 0.400. The molecule has 0 unspecified atom stereocenters. The summed E-state index contributed by atoms with van der Waals surface area (Å²) in [4.78, 5) is 0. The van der Waals surface area contributed by atoms with Crippen LogP contribution in [0.2, 0.25) is 0 Å². The fourth-order valence-corrected chi connectivity index (χ4v) is 1.34. The highest BCUT2D eigenvalue weighted by Gasteiger charge is 2.14. The molecule has 0 aliphatic rings. The number of hydrogen-bond donors (Lipinski definition) is 3. The Morgan fingerprint density at radius 3 is 2.15 bits per heavy atom. The van der Waals surface area contributed by atoms with E-state index in [2.05, 4.69) is 0 Å². The first-order valence-corrected chi connectivity index (χ1v) is 4.34. The topological polar surface area (TPSA) is 66.5 Å².